The van der Waals surface area contributed by atoms with E-state index >= 15 is 0 Å². The van der Waals surface area contributed by atoms with E-state index in [0.29, 0.717) is 25.7 Å². The van der Waals surface area contributed by atoms with E-state index in [1.165, 1.54) is 0 Å². The lowest BCUT2D eigenvalue weighted by Crippen LogP contribution is -2.44. The maximum atomic E-state index is 12.9. The van der Waals surface area contributed by atoms with Crippen molar-refractivity contribution in [2.75, 3.05) is 13.2 Å². The predicted molar refractivity (Wildman–Crippen MR) is 149 cm³/mol. The van der Waals surface area contributed by atoms with Gasteiger partial charge in [0.05, 0.1) is 30.5 Å². The number of carbonyl (C=O) groups excluding carboxylic acids is 3. The molecule has 2 amide bonds. The average molecular weight is 521 g/mol. The summed E-state index contributed by atoms with van der Waals surface area (Å²) < 4.78 is 5.51. The first-order chi connectivity index (χ1) is 18.4. The van der Waals surface area contributed by atoms with Crippen LogP contribution in [0.25, 0.3) is 0 Å². The van der Waals surface area contributed by atoms with Crippen LogP contribution in [-0.4, -0.2) is 48.2 Å². The van der Waals surface area contributed by atoms with Gasteiger partial charge in [-0.25, -0.2) is 0 Å². The molecule has 2 aromatic carbocycles. The summed E-state index contributed by atoms with van der Waals surface area (Å²) in [6, 6.07) is 18.4. The summed E-state index contributed by atoms with van der Waals surface area (Å²) in [5.41, 5.74) is 2.03. The van der Waals surface area contributed by atoms with Crippen LogP contribution in [0.2, 0.25) is 0 Å². The fraction of sp³-hybridized carbons (Fsp3) is 0.387. The highest BCUT2D eigenvalue weighted by atomic mass is 16.5. The number of hydrogen-bond donors (Lipinski definition) is 3. The number of allylic oxidation sites excluding steroid dienone is 2. The lowest BCUT2D eigenvalue weighted by atomic mass is 9.96. The zero-order chi connectivity index (χ0) is 27.8. The Morgan fingerprint density at radius 1 is 0.868 bits per heavy atom. The number of benzene rings is 2. The molecule has 0 heterocycles. The first kappa shape index (κ1) is 30.5. The molecule has 0 aliphatic carbocycles. The molecule has 0 saturated heterocycles. The summed E-state index contributed by atoms with van der Waals surface area (Å²) >= 11 is 0. The molecule has 0 radical (unpaired) electrons. The normalized spacial score (nSPS) is 13.8. The van der Waals surface area contributed by atoms with Crippen molar-refractivity contribution in [1.82, 2.24) is 10.6 Å². The van der Waals surface area contributed by atoms with Crippen molar-refractivity contribution in [1.29, 1.82) is 0 Å². The van der Waals surface area contributed by atoms with E-state index in [0.717, 1.165) is 11.1 Å². The summed E-state index contributed by atoms with van der Waals surface area (Å²) in [5.74, 6) is -1.97. The lowest BCUT2D eigenvalue weighted by molar-refractivity contribution is -0.149. The maximum absolute atomic E-state index is 12.9. The van der Waals surface area contributed by atoms with Gasteiger partial charge in [0.1, 0.15) is 6.61 Å². The monoisotopic (exact) mass is 520 g/mol. The number of aliphatic hydroxyl groups is 1. The minimum Gasteiger partial charge on any atom is -0.463 e. The molecule has 7 heteroatoms. The Balaban J connectivity index is 1.85. The number of amides is 2. The lowest BCUT2D eigenvalue weighted by Gasteiger charge is -2.22. The zero-order valence-corrected chi connectivity index (χ0v) is 22.2. The number of nitrogens with one attached hydrogen (secondary N) is 2. The quantitative estimate of drug-likeness (QED) is 0.218. The molecule has 4 unspecified atom stereocenters. The van der Waals surface area contributed by atoms with Crippen molar-refractivity contribution in [2.45, 2.75) is 51.1 Å². The van der Waals surface area contributed by atoms with Crippen LogP contribution in [0.4, 0.5) is 0 Å². The van der Waals surface area contributed by atoms with E-state index < -0.39 is 18.0 Å². The SMILES string of the molecule is C=CCC(CC(=O)NC(CO)Cc1ccccc1)C(=O)NC(C)COC(=O)C(CC=C)Cc1ccccc1. The highest BCUT2D eigenvalue weighted by molar-refractivity contribution is 5.86. The van der Waals surface area contributed by atoms with Gasteiger partial charge in [0, 0.05) is 6.42 Å². The van der Waals surface area contributed by atoms with Gasteiger partial charge in [-0.2, -0.15) is 0 Å². The van der Waals surface area contributed by atoms with Crippen molar-refractivity contribution in [3.63, 3.8) is 0 Å². The van der Waals surface area contributed by atoms with E-state index in [1.807, 2.05) is 60.7 Å². The molecule has 38 heavy (non-hydrogen) atoms. The van der Waals surface area contributed by atoms with Gasteiger partial charge >= 0.3 is 5.97 Å². The second-order valence-electron chi connectivity index (χ2n) is 9.51. The molecule has 7 nitrogen and oxygen atoms in total. The van der Waals surface area contributed by atoms with Crippen molar-refractivity contribution in [2.24, 2.45) is 11.8 Å². The molecule has 2 aromatic rings. The summed E-state index contributed by atoms with van der Waals surface area (Å²) in [7, 11) is 0. The number of aliphatic hydroxyl groups excluding tert-OH is 1. The molecular formula is C31H40N2O5. The fourth-order valence-corrected chi connectivity index (χ4v) is 4.14. The molecule has 0 fully saturated rings. The van der Waals surface area contributed by atoms with Gasteiger partial charge in [-0.1, -0.05) is 72.8 Å². The van der Waals surface area contributed by atoms with Crippen molar-refractivity contribution < 1.29 is 24.2 Å². The third kappa shape index (κ3) is 11.1. The smallest absolute Gasteiger partial charge is 0.309 e. The van der Waals surface area contributed by atoms with Gasteiger partial charge in [-0.05, 0) is 43.7 Å². The number of esters is 1. The Kier molecular flexibility index (Phi) is 13.6. The van der Waals surface area contributed by atoms with Crippen LogP contribution in [0.3, 0.4) is 0 Å². The Hall–Kier alpha value is -3.71. The van der Waals surface area contributed by atoms with Crippen LogP contribution in [-0.2, 0) is 32.0 Å². The standard InChI is InChI=1S/C31H40N2O5/c1-4-12-26(20-29(35)33-28(21-34)19-25-16-10-7-11-17-25)30(36)32-23(3)22-38-31(37)27(13-5-2)18-24-14-8-6-9-15-24/h4-11,14-17,23,26-28,34H,1-2,12-13,18-22H2,3H3,(H,32,36)(H,33,35). The van der Waals surface area contributed by atoms with Crippen LogP contribution in [0.5, 0.6) is 0 Å². The molecule has 4 atom stereocenters. The van der Waals surface area contributed by atoms with Gasteiger partial charge in [0.15, 0.2) is 0 Å². The van der Waals surface area contributed by atoms with Crippen molar-refractivity contribution >= 4 is 17.8 Å². The van der Waals surface area contributed by atoms with E-state index in [1.54, 1.807) is 19.1 Å². The molecule has 204 valence electrons. The van der Waals surface area contributed by atoms with E-state index in [4.69, 9.17) is 4.74 Å². The van der Waals surface area contributed by atoms with E-state index in [2.05, 4.69) is 23.8 Å². The first-order valence-corrected chi connectivity index (χ1v) is 13.0. The molecule has 0 aliphatic heterocycles. The van der Waals surface area contributed by atoms with Gasteiger partial charge in [-0.15, -0.1) is 13.2 Å². The van der Waals surface area contributed by atoms with Gasteiger partial charge in [-0.3, -0.25) is 14.4 Å². The Labute approximate surface area is 226 Å². The number of ether oxygens (including phenoxy) is 1. The summed E-state index contributed by atoms with van der Waals surface area (Å²) in [4.78, 5) is 38.3. The zero-order valence-electron chi connectivity index (χ0n) is 22.2. The maximum Gasteiger partial charge on any atom is 0.309 e. The van der Waals surface area contributed by atoms with E-state index in [-0.39, 0.29) is 43.3 Å². The van der Waals surface area contributed by atoms with Gasteiger partial charge in [0.25, 0.3) is 0 Å². The topological polar surface area (TPSA) is 105 Å². The highest BCUT2D eigenvalue weighted by Crippen LogP contribution is 2.16. The van der Waals surface area contributed by atoms with E-state index in [9.17, 15) is 19.5 Å². The predicted octanol–water partition coefficient (Wildman–Crippen LogP) is 3.77. The third-order valence-electron chi connectivity index (χ3n) is 6.14. The van der Waals surface area contributed by atoms with Crippen molar-refractivity contribution in [3.8, 4) is 0 Å². The molecule has 0 saturated carbocycles. The highest BCUT2D eigenvalue weighted by Gasteiger charge is 2.25. The number of hydrogen-bond acceptors (Lipinski definition) is 5. The second-order valence-corrected chi connectivity index (χ2v) is 9.51. The van der Waals surface area contributed by atoms with Crippen LogP contribution < -0.4 is 10.6 Å². The minimum atomic E-state index is -0.631. The fourth-order valence-electron chi connectivity index (χ4n) is 4.14. The second kappa shape index (κ2) is 16.9. The molecule has 0 aromatic heterocycles. The summed E-state index contributed by atoms with van der Waals surface area (Å²) in [6.45, 7) is 9.00. The summed E-state index contributed by atoms with van der Waals surface area (Å²) in [5, 5.41) is 15.4. The molecule has 0 spiro atoms. The largest absolute Gasteiger partial charge is 0.463 e. The molecular weight excluding hydrogens is 480 g/mol. The molecule has 0 bridgehead atoms. The average Bonchev–Trinajstić information content (AvgIpc) is 2.92. The Morgan fingerprint density at radius 3 is 1.97 bits per heavy atom. The van der Waals surface area contributed by atoms with Gasteiger partial charge < -0.3 is 20.5 Å². The van der Waals surface area contributed by atoms with Crippen LogP contribution >= 0.6 is 0 Å². The molecule has 2 rings (SSSR count). The third-order valence-corrected chi connectivity index (χ3v) is 6.14. The van der Waals surface area contributed by atoms with Crippen LogP contribution in [0.15, 0.2) is 86.0 Å². The first-order valence-electron chi connectivity index (χ1n) is 13.0. The molecule has 3 N–H and O–H groups in total. The van der Waals surface area contributed by atoms with Crippen LogP contribution in [0, 0.1) is 11.8 Å². The van der Waals surface area contributed by atoms with Gasteiger partial charge in [0.2, 0.25) is 11.8 Å². The Bertz CT molecular complexity index is 1030. The number of rotatable bonds is 17. The minimum absolute atomic E-state index is 0.0175. The van der Waals surface area contributed by atoms with Crippen LogP contribution in [0.1, 0.15) is 37.3 Å². The summed E-state index contributed by atoms with van der Waals surface area (Å²) in [6.07, 6.45) is 5.08. The number of carbonyl (C=O) groups is 3. The molecule has 0 aliphatic rings. The van der Waals surface area contributed by atoms with Crippen molar-refractivity contribution in [3.05, 3.63) is 97.1 Å². The Morgan fingerprint density at radius 2 is 1.42 bits per heavy atom.